The van der Waals surface area contributed by atoms with Crippen LogP contribution in [0.15, 0.2) is 60.7 Å². The normalized spacial score (nSPS) is 10.9. The van der Waals surface area contributed by atoms with Crippen molar-refractivity contribution in [2.24, 2.45) is 7.05 Å². The first kappa shape index (κ1) is 17.2. The molecule has 0 bridgehead atoms. The Morgan fingerprint density at radius 1 is 1.00 bits per heavy atom. The van der Waals surface area contributed by atoms with Gasteiger partial charge in [0.15, 0.2) is 11.6 Å². The zero-order valence-corrected chi connectivity index (χ0v) is 15.7. The molecular weight excluding hydrogens is 358 g/mol. The molecule has 2 heterocycles. The van der Waals surface area contributed by atoms with Crippen molar-refractivity contribution in [3.05, 3.63) is 71.1 Å². The van der Waals surface area contributed by atoms with Crippen LogP contribution in [0.25, 0.3) is 21.7 Å². The van der Waals surface area contributed by atoms with Gasteiger partial charge in [-0.2, -0.15) is 0 Å². The van der Waals surface area contributed by atoms with Crippen molar-refractivity contribution in [2.75, 3.05) is 5.32 Å². The summed E-state index contributed by atoms with van der Waals surface area (Å²) in [5.41, 5.74) is 3.26. The highest BCUT2D eigenvalue weighted by Crippen LogP contribution is 2.30. The number of hydrogen-bond acceptors (Lipinski definition) is 4. The van der Waals surface area contributed by atoms with E-state index in [-0.39, 0.29) is 11.7 Å². The third-order valence-electron chi connectivity index (χ3n) is 4.39. The lowest BCUT2D eigenvalue weighted by Gasteiger charge is -2.04. The summed E-state index contributed by atoms with van der Waals surface area (Å²) < 4.78 is 2.03. The summed E-state index contributed by atoms with van der Waals surface area (Å²) >= 11 is 1.40. The van der Waals surface area contributed by atoms with E-state index in [1.807, 2.05) is 41.9 Å². The first-order chi connectivity index (χ1) is 13.0. The number of carbonyl (C=O) groups excluding carboxylic acids is 2. The van der Waals surface area contributed by atoms with Gasteiger partial charge in [0.2, 0.25) is 0 Å². The van der Waals surface area contributed by atoms with Crippen molar-refractivity contribution < 1.29 is 9.59 Å². The zero-order valence-electron chi connectivity index (χ0n) is 14.9. The maximum Gasteiger partial charge on any atom is 0.265 e. The fourth-order valence-corrected chi connectivity index (χ4v) is 3.85. The van der Waals surface area contributed by atoms with Gasteiger partial charge in [0.25, 0.3) is 5.91 Å². The Balaban J connectivity index is 1.57. The van der Waals surface area contributed by atoms with Crippen LogP contribution in [0, 0.1) is 0 Å². The summed E-state index contributed by atoms with van der Waals surface area (Å²) in [6.07, 6.45) is 0. The van der Waals surface area contributed by atoms with E-state index in [1.165, 1.54) is 18.3 Å². The van der Waals surface area contributed by atoms with Crippen LogP contribution in [0.1, 0.15) is 27.0 Å². The van der Waals surface area contributed by atoms with Crippen LogP contribution in [-0.4, -0.2) is 21.2 Å². The number of benzene rings is 2. The van der Waals surface area contributed by atoms with Gasteiger partial charge in [0.1, 0.15) is 0 Å². The molecule has 27 heavy (non-hydrogen) atoms. The van der Waals surface area contributed by atoms with Crippen LogP contribution >= 0.6 is 11.3 Å². The van der Waals surface area contributed by atoms with Crippen molar-refractivity contribution in [1.82, 2.24) is 9.55 Å². The van der Waals surface area contributed by atoms with E-state index in [0.29, 0.717) is 16.1 Å². The molecule has 2 aromatic heterocycles. The van der Waals surface area contributed by atoms with Crippen molar-refractivity contribution in [1.29, 1.82) is 0 Å². The smallest absolute Gasteiger partial charge is 0.265 e. The van der Waals surface area contributed by atoms with E-state index >= 15 is 0 Å². The molecule has 0 unspecified atom stereocenters. The van der Waals surface area contributed by atoms with Crippen LogP contribution in [-0.2, 0) is 7.05 Å². The number of anilines is 1. The lowest BCUT2D eigenvalue weighted by Crippen LogP contribution is -2.10. The summed E-state index contributed by atoms with van der Waals surface area (Å²) in [6, 6.07) is 18.5. The quantitative estimate of drug-likeness (QED) is 0.523. The highest BCUT2D eigenvalue weighted by Gasteiger charge is 2.15. The third-order valence-corrected chi connectivity index (χ3v) is 5.47. The molecule has 134 valence electrons. The summed E-state index contributed by atoms with van der Waals surface area (Å²) in [4.78, 5) is 30.1. The maximum atomic E-state index is 12.5. The van der Waals surface area contributed by atoms with Crippen LogP contribution in [0.3, 0.4) is 0 Å². The number of ketones is 1. The number of amides is 1. The van der Waals surface area contributed by atoms with Crippen LogP contribution in [0.5, 0.6) is 0 Å². The molecule has 0 saturated carbocycles. The van der Waals surface area contributed by atoms with Crippen LogP contribution in [0.2, 0.25) is 0 Å². The minimum atomic E-state index is -0.180. The molecule has 2 aromatic carbocycles. The Morgan fingerprint density at radius 3 is 2.44 bits per heavy atom. The number of carbonyl (C=O) groups is 2. The topological polar surface area (TPSA) is 64.0 Å². The summed E-state index contributed by atoms with van der Waals surface area (Å²) in [7, 11) is 1.97. The summed E-state index contributed by atoms with van der Waals surface area (Å²) in [5.74, 6) is 0.657. The van der Waals surface area contributed by atoms with E-state index < -0.39 is 0 Å². The lowest BCUT2D eigenvalue weighted by molar-refractivity contribution is 0.101. The zero-order chi connectivity index (χ0) is 19.0. The number of fused-ring (bicyclic) bond motifs is 1. The number of nitrogens with zero attached hydrogens (tertiary/aromatic N) is 2. The van der Waals surface area contributed by atoms with E-state index in [4.69, 9.17) is 0 Å². The Bertz CT molecular complexity index is 1160. The Morgan fingerprint density at radius 2 is 1.74 bits per heavy atom. The van der Waals surface area contributed by atoms with Crippen molar-refractivity contribution in [3.63, 3.8) is 0 Å². The minimum Gasteiger partial charge on any atom is -0.326 e. The van der Waals surface area contributed by atoms with Gasteiger partial charge >= 0.3 is 0 Å². The number of para-hydroxylation sites is 2. The molecule has 0 aliphatic rings. The molecule has 0 aliphatic heterocycles. The van der Waals surface area contributed by atoms with Gasteiger partial charge in [-0.3, -0.25) is 9.59 Å². The average Bonchev–Trinajstić information content (AvgIpc) is 3.28. The van der Waals surface area contributed by atoms with E-state index in [0.717, 1.165) is 21.7 Å². The minimum absolute atomic E-state index is 0.00164. The first-order valence-electron chi connectivity index (χ1n) is 8.47. The maximum absolute atomic E-state index is 12.5. The Kier molecular flexibility index (Phi) is 4.33. The second kappa shape index (κ2) is 6.81. The van der Waals surface area contributed by atoms with E-state index in [2.05, 4.69) is 10.3 Å². The number of Topliss-reactive ketones (excluding diaryl/α,β-unsaturated/α-hetero) is 1. The predicted molar refractivity (Wildman–Crippen MR) is 108 cm³/mol. The number of thiophene rings is 1. The van der Waals surface area contributed by atoms with Crippen molar-refractivity contribution in [2.45, 2.75) is 6.92 Å². The molecule has 5 nitrogen and oxygen atoms in total. The monoisotopic (exact) mass is 375 g/mol. The number of nitrogens with one attached hydrogen (secondary N) is 1. The molecule has 0 fully saturated rings. The van der Waals surface area contributed by atoms with Crippen LogP contribution < -0.4 is 5.32 Å². The number of aryl methyl sites for hydroxylation is 1. The molecule has 0 radical (unpaired) electrons. The summed E-state index contributed by atoms with van der Waals surface area (Å²) in [5, 5.41) is 2.86. The van der Waals surface area contributed by atoms with Crippen LogP contribution in [0.4, 0.5) is 5.69 Å². The van der Waals surface area contributed by atoms with Gasteiger partial charge in [0.05, 0.1) is 20.8 Å². The molecule has 4 rings (SSSR count). The molecular formula is C21H17N3O2S. The first-order valence-corrected chi connectivity index (χ1v) is 9.28. The van der Waals surface area contributed by atoms with Gasteiger partial charge in [-0.15, -0.1) is 11.3 Å². The van der Waals surface area contributed by atoms with Gasteiger partial charge in [0, 0.05) is 18.3 Å². The predicted octanol–water partition coefficient (Wildman–Crippen LogP) is 4.76. The largest absolute Gasteiger partial charge is 0.326 e. The number of aromatic nitrogens is 2. The highest BCUT2D eigenvalue weighted by atomic mass is 32.1. The number of rotatable bonds is 4. The van der Waals surface area contributed by atoms with E-state index in [1.54, 1.807) is 30.3 Å². The number of imidazole rings is 1. The van der Waals surface area contributed by atoms with Gasteiger partial charge < -0.3 is 9.88 Å². The molecule has 6 heteroatoms. The molecule has 1 N–H and O–H groups in total. The van der Waals surface area contributed by atoms with Gasteiger partial charge in [-0.1, -0.05) is 12.1 Å². The third kappa shape index (κ3) is 3.27. The second-order valence-electron chi connectivity index (χ2n) is 6.23. The Labute approximate surface area is 160 Å². The second-order valence-corrected chi connectivity index (χ2v) is 7.32. The fraction of sp³-hybridized carbons (Fsp3) is 0.0952. The molecule has 0 spiro atoms. The van der Waals surface area contributed by atoms with Crippen molar-refractivity contribution in [3.8, 4) is 10.7 Å². The number of hydrogen-bond donors (Lipinski definition) is 1. The fourth-order valence-electron chi connectivity index (χ4n) is 2.93. The molecule has 4 aromatic rings. The van der Waals surface area contributed by atoms with E-state index in [9.17, 15) is 9.59 Å². The van der Waals surface area contributed by atoms with Gasteiger partial charge in [-0.05, 0) is 55.5 Å². The summed E-state index contributed by atoms with van der Waals surface area (Å²) in [6.45, 7) is 1.52. The standard InChI is InChI=1S/C21H17N3O2S/c1-13(25)14-7-9-15(10-8-14)22-21(26)19-12-11-18(27-19)20-23-16-5-3-4-6-17(16)24(20)2/h3-12H,1-2H3,(H,22,26). The lowest BCUT2D eigenvalue weighted by atomic mass is 10.1. The molecule has 1 amide bonds. The SMILES string of the molecule is CC(=O)c1ccc(NC(=O)c2ccc(-c3nc4ccccc4n3C)s2)cc1. The average molecular weight is 375 g/mol. The molecule has 0 atom stereocenters. The van der Waals surface area contributed by atoms with Crippen molar-refractivity contribution >= 4 is 39.7 Å². The molecule has 0 aliphatic carbocycles. The van der Waals surface area contributed by atoms with Gasteiger partial charge in [-0.25, -0.2) is 4.98 Å². The Hall–Kier alpha value is -3.25. The molecule has 0 saturated heterocycles. The highest BCUT2D eigenvalue weighted by molar-refractivity contribution is 7.17.